The van der Waals surface area contributed by atoms with Crippen molar-refractivity contribution in [1.29, 1.82) is 0 Å². The van der Waals surface area contributed by atoms with E-state index in [1.54, 1.807) is 0 Å². The Balaban J connectivity index is 3.48. The van der Waals surface area contributed by atoms with Gasteiger partial charge < -0.3 is 16.5 Å². The quantitative estimate of drug-likeness (QED) is 0.331. The largest absolute Gasteiger partial charge is 0.383 e. The zero-order valence-electron chi connectivity index (χ0n) is 5.37. The summed E-state index contributed by atoms with van der Waals surface area (Å²) in [6, 6.07) is 0. The summed E-state index contributed by atoms with van der Waals surface area (Å²) in [6.45, 7) is 0. The van der Waals surface area contributed by atoms with E-state index in [0.717, 1.165) is 0 Å². The van der Waals surface area contributed by atoms with Crippen LogP contribution in [0.2, 0.25) is 0 Å². The first-order valence-corrected chi connectivity index (χ1v) is 3.04. The van der Waals surface area contributed by atoms with Crippen molar-refractivity contribution in [2.24, 2.45) is 5.18 Å². The lowest BCUT2D eigenvalue weighted by Crippen LogP contribution is -1.98. The number of H-pyrrole nitrogens is 1. The molecule has 0 atom stereocenters. The maximum Gasteiger partial charge on any atom is 0.200 e. The van der Waals surface area contributed by atoms with Crippen molar-refractivity contribution in [2.75, 3.05) is 11.5 Å². The molecule has 0 unspecified atom stereocenters. The molecular weight excluding hydrogens is 171 g/mol. The van der Waals surface area contributed by atoms with Crippen LogP contribution in [0.25, 0.3) is 0 Å². The smallest absolute Gasteiger partial charge is 0.200 e. The molecule has 58 valence electrons. The van der Waals surface area contributed by atoms with Gasteiger partial charge in [-0.2, -0.15) is 0 Å². The molecule has 0 aliphatic rings. The first-order chi connectivity index (χ1) is 5.15. The van der Waals surface area contributed by atoms with Crippen LogP contribution < -0.4 is 11.5 Å². The van der Waals surface area contributed by atoms with E-state index in [2.05, 4.69) is 27.4 Å². The average Bonchev–Trinajstić information content (AvgIpc) is 1.85. The van der Waals surface area contributed by atoms with Crippen molar-refractivity contribution in [3.8, 4) is 0 Å². The molecule has 0 fully saturated rings. The van der Waals surface area contributed by atoms with Gasteiger partial charge in [-0.1, -0.05) is 0 Å². The number of hydrogen-bond acceptors (Lipinski definition) is 6. The number of rotatable bonds is 1. The number of nitroso groups, excluding NO2 is 1. The maximum absolute atomic E-state index is 10.1. The van der Waals surface area contributed by atoms with Gasteiger partial charge in [0.1, 0.15) is 5.82 Å². The van der Waals surface area contributed by atoms with Gasteiger partial charge in [-0.05, 0) is 17.4 Å². The van der Waals surface area contributed by atoms with E-state index >= 15 is 0 Å². The summed E-state index contributed by atoms with van der Waals surface area (Å²) in [5, 5.41) is 2.57. The topological polar surface area (TPSA) is 110 Å². The normalized spacial score (nSPS) is 9.45. The Hall–Kier alpha value is -1.50. The first-order valence-electron chi connectivity index (χ1n) is 2.63. The van der Waals surface area contributed by atoms with Crippen molar-refractivity contribution < 1.29 is 0 Å². The SMILES string of the molecule is [15NH2]c1[15n]c(=S)[15nH]c([15NH2])c1[15N]=O. The molecule has 0 spiro atoms. The van der Waals surface area contributed by atoms with E-state index in [1.807, 2.05) is 0 Å². The molecule has 0 radical (unpaired) electrons. The molecule has 0 aliphatic carbocycles. The Kier molecular flexibility index (Phi) is 1.81. The van der Waals surface area contributed by atoms with Gasteiger partial charge >= 0.3 is 0 Å². The highest BCUT2D eigenvalue weighted by Gasteiger charge is 2.04. The van der Waals surface area contributed by atoms with Crippen LogP contribution in [0.5, 0.6) is 0 Å². The second-order valence-corrected chi connectivity index (χ2v) is 2.17. The Morgan fingerprint density at radius 3 is 2.64 bits per heavy atom. The fourth-order valence-corrected chi connectivity index (χ4v) is 0.807. The minimum atomic E-state index is -0.0985. The van der Waals surface area contributed by atoms with Crippen LogP contribution in [0.3, 0.4) is 0 Å². The Labute approximate surface area is 66.6 Å². The summed E-state index contributed by atoms with van der Waals surface area (Å²) >= 11 is 4.62. The molecular formula is C4H5N5OS. The van der Waals surface area contributed by atoms with Crippen LogP contribution in [0, 0.1) is 9.68 Å². The molecule has 5 N–H and O–H groups in total. The molecule has 11 heavy (non-hydrogen) atoms. The van der Waals surface area contributed by atoms with Crippen molar-refractivity contribution in [1.82, 2.24) is 9.97 Å². The van der Waals surface area contributed by atoms with Gasteiger partial charge in [-0.15, -0.1) is 4.91 Å². The lowest BCUT2D eigenvalue weighted by atomic mass is 10.5. The molecule has 0 saturated heterocycles. The highest BCUT2D eigenvalue weighted by atomic mass is 32.1. The molecule has 0 aromatic carbocycles. The third-order valence-corrected chi connectivity index (χ3v) is 1.25. The molecule has 7 heteroatoms. The molecule has 1 aromatic rings. The van der Waals surface area contributed by atoms with E-state index in [4.69, 9.17) is 11.5 Å². The number of nitrogen functional groups attached to an aromatic ring is 2. The summed E-state index contributed by atoms with van der Waals surface area (Å²) in [7, 11) is 0. The van der Waals surface area contributed by atoms with E-state index < -0.39 is 0 Å². The van der Waals surface area contributed by atoms with E-state index in [-0.39, 0.29) is 22.1 Å². The monoisotopic (exact) mass is 176 g/mol. The Morgan fingerprint density at radius 1 is 1.55 bits per heavy atom. The molecule has 0 amide bonds. The number of aromatic nitrogens is 2. The predicted molar refractivity (Wildman–Crippen MR) is 43.7 cm³/mol. The van der Waals surface area contributed by atoms with Crippen LogP contribution in [0.15, 0.2) is 5.18 Å². The number of nitrogens with one attached hydrogen (secondary N) is 1. The average molecular weight is 176 g/mol. The maximum atomic E-state index is 10.1. The van der Waals surface area contributed by atoms with Crippen LogP contribution >= 0.6 is 12.2 Å². The van der Waals surface area contributed by atoms with E-state index in [1.165, 1.54) is 0 Å². The van der Waals surface area contributed by atoms with Gasteiger partial charge in [0.2, 0.25) is 0 Å². The van der Waals surface area contributed by atoms with Crippen LogP contribution in [-0.4, -0.2) is 9.97 Å². The summed E-state index contributed by atoms with van der Waals surface area (Å²) < 4.78 is 0.132. The van der Waals surface area contributed by atoms with Crippen molar-refractivity contribution in [3.05, 3.63) is 9.68 Å². The van der Waals surface area contributed by atoms with Crippen LogP contribution in [0.4, 0.5) is 17.3 Å². The van der Waals surface area contributed by atoms with Gasteiger partial charge in [0, 0.05) is 0 Å². The molecule has 0 saturated carbocycles. The molecule has 1 aromatic heterocycles. The molecule has 0 bridgehead atoms. The summed E-state index contributed by atoms with van der Waals surface area (Å²) in [5.41, 5.74) is 10.5. The predicted octanol–water partition coefficient (Wildman–Crippen LogP) is 0.701. The van der Waals surface area contributed by atoms with Gasteiger partial charge in [-0.25, -0.2) is 4.98 Å². The fraction of sp³-hybridized carbons (Fsp3) is 0. The number of anilines is 2. The Bertz CT molecular complexity index is 319. The number of nitrogens with zero attached hydrogens (tertiary/aromatic N) is 2. The van der Waals surface area contributed by atoms with Gasteiger partial charge in [0.25, 0.3) is 0 Å². The molecule has 6 nitrogen and oxygen atoms in total. The number of hydrogen-bond donors (Lipinski definition) is 3. The zero-order valence-corrected chi connectivity index (χ0v) is 6.18. The van der Waals surface area contributed by atoms with Gasteiger partial charge in [-0.3, -0.25) is 0 Å². The van der Waals surface area contributed by atoms with Gasteiger partial charge in [0.15, 0.2) is 16.3 Å². The standard InChI is InChI=1S/C4H5N5OS/c5-2-1(9-10)3(6)8-4(11)7-2/h(H5,5,6,7,8,11)/i5+1,6+1,7+1,8+1,9+1. The van der Waals surface area contributed by atoms with Crippen molar-refractivity contribution >= 4 is 29.5 Å². The summed E-state index contributed by atoms with van der Waals surface area (Å²) in [5.74, 6) is -0.0150. The molecule has 1 heterocycles. The second kappa shape index (κ2) is 2.62. The minimum absolute atomic E-state index is 0.0394. The van der Waals surface area contributed by atoms with E-state index in [0.29, 0.717) is 0 Å². The third kappa shape index (κ3) is 1.32. The van der Waals surface area contributed by atoms with Gasteiger partial charge in [0.05, 0.1) is 0 Å². The van der Waals surface area contributed by atoms with Crippen molar-refractivity contribution in [3.63, 3.8) is 0 Å². The molecule has 0 aliphatic heterocycles. The van der Waals surface area contributed by atoms with Crippen LogP contribution in [-0.2, 0) is 0 Å². The highest BCUT2D eigenvalue weighted by Crippen LogP contribution is 2.23. The van der Waals surface area contributed by atoms with Crippen molar-refractivity contribution in [2.45, 2.75) is 0 Å². The fourth-order valence-electron chi connectivity index (χ4n) is 0.599. The minimum Gasteiger partial charge on any atom is -0.383 e. The third-order valence-electron chi connectivity index (χ3n) is 1.05. The zero-order chi connectivity index (χ0) is 8.43. The Morgan fingerprint density at radius 2 is 2.18 bits per heavy atom. The summed E-state index contributed by atoms with van der Waals surface area (Å²) in [6.07, 6.45) is 0. The first kappa shape index (κ1) is 7.61. The second-order valence-electron chi connectivity index (χ2n) is 1.78. The lowest BCUT2D eigenvalue weighted by Gasteiger charge is -1.98. The number of aromatic amines is 1. The number of nitrogens with two attached hydrogens (primary N) is 2. The highest BCUT2D eigenvalue weighted by molar-refractivity contribution is 7.71. The molecule has 1 rings (SSSR count). The van der Waals surface area contributed by atoms with Crippen LogP contribution in [0.1, 0.15) is 0 Å². The lowest BCUT2D eigenvalue weighted by molar-refractivity contribution is 1.14. The summed E-state index contributed by atoms with van der Waals surface area (Å²) in [4.78, 5) is 16.1. The van der Waals surface area contributed by atoms with E-state index in [9.17, 15) is 4.91 Å².